The van der Waals surface area contributed by atoms with Gasteiger partial charge >= 0.3 is 5.97 Å². The number of esters is 1. The van der Waals surface area contributed by atoms with Gasteiger partial charge in [-0.1, -0.05) is 12.1 Å². The average molecular weight is 317 g/mol. The highest BCUT2D eigenvalue weighted by molar-refractivity contribution is 7.85. The summed E-state index contributed by atoms with van der Waals surface area (Å²) < 4.78 is 35.2. The van der Waals surface area contributed by atoms with Gasteiger partial charge in [0.1, 0.15) is 17.5 Å². The molecule has 0 aromatic heterocycles. The summed E-state index contributed by atoms with van der Waals surface area (Å²) in [5.74, 6) is -3.22. The monoisotopic (exact) mass is 317 g/mol. The molecule has 1 rings (SSSR count). The van der Waals surface area contributed by atoms with Crippen LogP contribution in [0.5, 0.6) is 5.75 Å². The maximum atomic E-state index is 11.9. The zero-order valence-corrected chi connectivity index (χ0v) is 12.0. The van der Waals surface area contributed by atoms with E-state index in [1.807, 2.05) is 0 Å². The van der Waals surface area contributed by atoms with Crippen molar-refractivity contribution in [3.63, 3.8) is 0 Å². The molecule has 9 heteroatoms. The molecule has 0 radical (unpaired) electrons. The molecule has 0 fully saturated rings. The summed E-state index contributed by atoms with van der Waals surface area (Å²) in [6.07, 6.45) is 0. The van der Waals surface area contributed by atoms with E-state index in [9.17, 15) is 23.1 Å². The van der Waals surface area contributed by atoms with E-state index in [-0.39, 0.29) is 17.9 Å². The Labute approximate surface area is 121 Å². The number of benzene rings is 1. The topological polar surface area (TPSA) is 130 Å². The Morgan fingerprint density at radius 2 is 1.95 bits per heavy atom. The Hall–Kier alpha value is -2.13. The molecular formula is C12H15NO7S. The van der Waals surface area contributed by atoms with Crippen LogP contribution < -0.4 is 5.32 Å². The lowest BCUT2D eigenvalue weighted by molar-refractivity contribution is -0.144. The van der Waals surface area contributed by atoms with Gasteiger partial charge in [0.05, 0.1) is 12.2 Å². The van der Waals surface area contributed by atoms with E-state index >= 15 is 0 Å². The average Bonchev–Trinajstić information content (AvgIpc) is 2.37. The fraction of sp³-hybridized carbons (Fsp3) is 0.333. The van der Waals surface area contributed by atoms with E-state index in [1.165, 1.54) is 31.2 Å². The van der Waals surface area contributed by atoms with Gasteiger partial charge in [0.15, 0.2) is 0 Å². The first-order valence-corrected chi connectivity index (χ1v) is 7.56. The Bertz CT molecular complexity index is 626. The third-order valence-corrected chi connectivity index (χ3v) is 3.16. The lowest BCUT2D eigenvalue weighted by Gasteiger charge is -2.16. The number of para-hydroxylation sites is 1. The van der Waals surface area contributed by atoms with E-state index in [0.29, 0.717) is 0 Å². The van der Waals surface area contributed by atoms with Gasteiger partial charge in [0, 0.05) is 0 Å². The molecule has 0 bridgehead atoms. The number of nitrogens with one attached hydrogen (secondary N) is 1. The van der Waals surface area contributed by atoms with Crippen LogP contribution in [0.3, 0.4) is 0 Å². The number of amides is 1. The summed E-state index contributed by atoms with van der Waals surface area (Å²) in [7, 11) is -4.50. The van der Waals surface area contributed by atoms with Gasteiger partial charge < -0.3 is 15.2 Å². The predicted molar refractivity (Wildman–Crippen MR) is 72.4 cm³/mol. The highest BCUT2D eigenvalue weighted by Gasteiger charge is 2.28. The molecule has 8 nitrogen and oxygen atoms in total. The summed E-state index contributed by atoms with van der Waals surface area (Å²) in [6.45, 7) is 1.49. The molecule has 0 spiro atoms. The number of aromatic hydroxyl groups is 1. The SMILES string of the molecule is CCOC(=O)[C@H](CS(=O)(=O)O)NC(=O)c1ccccc1O. The van der Waals surface area contributed by atoms with Crippen molar-refractivity contribution < 1.29 is 32.4 Å². The number of ether oxygens (including phenoxy) is 1. The zero-order chi connectivity index (χ0) is 16.0. The fourth-order valence-corrected chi connectivity index (χ4v) is 2.16. The van der Waals surface area contributed by atoms with Crippen molar-refractivity contribution in [2.45, 2.75) is 13.0 Å². The number of hydrogen-bond acceptors (Lipinski definition) is 6. The van der Waals surface area contributed by atoms with Crippen LogP contribution in [0.25, 0.3) is 0 Å². The van der Waals surface area contributed by atoms with Crippen LogP contribution in [-0.2, 0) is 19.6 Å². The maximum absolute atomic E-state index is 11.9. The highest BCUT2D eigenvalue weighted by atomic mass is 32.2. The van der Waals surface area contributed by atoms with Gasteiger partial charge in [-0.3, -0.25) is 9.35 Å². The molecule has 0 heterocycles. The quantitative estimate of drug-likeness (QED) is 0.495. The number of hydrogen-bond donors (Lipinski definition) is 3. The molecular weight excluding hydrogens is 302 g/mol. The molecule has 0 aliphatic carbocycles. The van der Waals surface area contributed by atoms with E-state index < -0.39 is 33.8 Å². The largest absolute Gasteiger partial charge is 0.507 e. The maximum Gasteiger partial charge on any atom is 0.329 e. The minimum absolute atomic E-state index is 0.0206. The Kier molecular flexibility index (Phi) is 5.68. The zero-order valence-electron chi connectivity index (χ0n) is 11.1. The summed E-state index contributed by atoms with van der Waals surface area (Å²) >= 11 is 0. The first-order chi connectivity index (χ1) is 9.74. The standard InChI is InChI=1S/C12H15NO7S/c1-2-20-12(16)9(7-21(17,18)19)13-11(15)8-5-3-4-6-10(8)14/h3-6,9,14H,2,7H2,1H3,(H,13,15)(H,17,18,19)/t9-/m0/s1. The molecule has 0 saturated heterocycles. The van der Waals surface area contributed by atoms with Gasteiger partial charge in [0.2, 0.25) is 0 Å². The number of rotatable bonds is 6. The van der Waals surface area contributed by atoms with Crippen LogP contribution in [-0.4, -0.2) is 48.4 Å². The van der Waals surface area contributed by atoms with E-state index in [1.54, 1.807) is 0 Å². The van der Waals surface area contributed by atoms with Crippen LogP contribution in [0, 0.1) is 0 Å². The second-order valence-electron chi connectivity index (χ2n) is 4.04. The highest BCUT2D eigenvalue weighted by Crippen LogP contribution is 2.15. The molecule has 0 aliphatic heterocycles. The molecule has 1 aromatic rings. The van der Waals surface area contributed by atoms with Gasteiger partial charge in [-0.2, -0.15) is 8.42 Å². The lowest BCUT2D eigenvalue weighted by atomic mass is 10.2. The summed E-state index contributed by atoms with van der Waals surface area (Å²) in [6, 6.07) is 3.95. The van der Waals surface area contributed by atoms with Gasteiger partial charge in [-0.15, -0.1) is 0 Å². The van der Waals surface area contributed by atoms with E-state index in [4.69, 9.17) is 4.55 Å². The van der Waals surface area contributed by atoms with Crippen molar-refractivity contribution >= 4 is 22.0 Å². The first-order valence-electron chi connectivity index (χ1n) is 5.95. The molecule has 1 atom stereocenters. The third kappa shape index (κ3) is 5.40. The molecule has 0 saturated carbocycles. The molecule has 21 heavy (non-hydrogen) atoms. The molecule has 0 unspecified atom stereocenters. The molecule has 1 amide bonds. The van der Waals surface area contributed by atoms with Crippen molar-refractivity contribution in [3.8, 4) is 5.75 Å². The second-order valence-corrected chi connectivity index (χ2v) is 5.54. The van der Waals surface area contributed by atoms with Crippen LogP contribution in [0.4, 0.5) is 0 Å². The molecule has 0 aliphatic rings. The first kappa shape index (κ1) is 16.9. The van der Waals surface area contributed by atoms with Crippen LogP contribution >= 0.6 is 0 Å². The van der Waals surface area contributed by atoms with E-state index in [2.05, 4.69) is 10.1 Å². The number of carbonyl (C=O) groups excluding carboxylic acids is 2. The second kappa shape index (κ2) is 7.04. The van der Waals surface area contributed by atoms with Crippen molar-refractivity contribution in [3.05, 3.63) is 29.8 Å². The van der Waals surface area contributed by atoms with Gasteiger partial charge in [0.25, 0.3) is 16.0 Å². The van der Waals surface area contributed by atoms with E-state index in [0.717, 1.165) is 0 Å². The Morgan fingerprint density at radius 3 is 2.48 bits per heavy atom. The third-order valence-electron chi connectivity index (χ3n) is 2.40. The normalized spacial score (nSPS) is 12.5. The van der Waals surface area contributed by atoms with Crippen molar-refractivity contribution in [2.75, 3.05) is 12.4 Å². The summed E-state index contributed by atoms with van der Waals surface area (Å²) in [5.41, 5.74) is -0.137. The smallest absolute Gasteiger partial charge is 0.329 e. The molecule has 1 aromatic carbocycles. The number of phenolic OH excluding ortho intramolecular Hbond substituents is 1. The van der Waals surface area contributed by atoms with Gasteiger partial charge in [-0.05, 0) is 19.1 Å². The molecule has 3 N–H and O–H groups in total. The number of phenols is 1. The van der Waals surface area contributed by atoms with Crippen molar-refractivity contribution in [1.82, 2.24) is 5.32 Å². The summed E-state index contributed by atoms with van der Waals surface area (Å²) in [5, 5.41) is 11.6. The lowest BCUT2D eigenvalue weighted by Crippen LogP contribution is -2.46. The summed E-state index contributed by atoms with van der Waals surface area (Å²) in [4.78, 5) is 23.5. The Morgan fingerprint density at radius 1 is 1.33 bits per heavy atom. The minimum atomic E-state index is -4.50. The van der Waals surface area contributed by atoms with Crippen LogP contribution in [0.1, 0.15) is 17.3 Å². The number of carbonyl (C=O) groups is 2. The fourth-order valence-electron chi connectivity index (χ4n) is 1.52. The minimum Gasteiger partial charge on any atom is -0.507 e. The van der Waals surface area contributed by atoms with Gasteiger partial charge in [-0.25, -0.2) is 4.79 Å². The van der Waals surface area contributed by atoms with Crippen molar-refractivity contribution in [1.29, 1.82) is 0 Å². The molecule has 116 valence electrons. The predicted octanol–water partition coefficient (Wildman–Crippen LogP) is -0.0585. The Balaban J connectivity index is 2.93. The van der Waals surface area contributed by atoms with Crippen LogP contribution in [0.15, 0.2) is 24.3 Å². The van der Waals surface area contributed by atoms with Crippen molar-refractivity contribution in [2.24, 2.45) is 0 Å². The van der Waals surface area contributed by atoms with Crippen LogP contribution in [0.2, 0.25) is 0 Å².